The number of amidine groups is 1. The van der Waals surface area contributed by atoms with Gasteiger partial charge in [0, 0.05) is 37.1 Å². The highest BCUT2D eigenvalue weighted by Crippen LogP contribution is 2.13. The third-order valence-corrected chi connectivity index (χ3v) is 3.64. The lowest BCUT2D eigenvalue weighted by Gasteiger charge is -2.34. The van der Waals surface area contributed by atoms with Crippen LogP contribution in [0, 0.1) is 5.41 Å². The molecule has 2 rings (SSSR count). The van der Waals surface area contributed by atoms with Crippen molar-refractivity contribution in [3.8, 4) is 0 Å². The third-order valence-electron chi connectivity index (χ3n) is 3.15. The average molecular weight is 296 g/mol. The maximum Gasteiger partial charge on any atom is 0.100 e. The zero-order valence-electron chi connectivity index (χ0n) is 10.1. The van der Waals surface area contributed by atoms with Gasteiger partial charge in [0.2, 0.25) is 0 Å². The number of rotatable bonds is 2. The summed E-state index contributed by atoms with van der Waals surface area (Å²) in [7, 11) is 2.13. The Labute approximate surface area is 111 Å². The van der Waals surface area contributed by atoms with Gasteiger partial charge in [-0.15, -0.1) is 0 Å². The first-order valence-corrected chi connectivity index (χ1v) is 6.70. The quantitative estimate of drug-likeness (QED) is 0.670. The Morgan fingerprint density at radius 3 is 2.65 bits per heavy atom. The predicted octanol–water partition coefficient (Wildman–Crippen LogP) is 2.22. The normalized spacial score (nSPS) is 17.2. The van der Waals surface area contributed by atoms with Crippen molar-refractivity contribution in [1.29, 1.82) is 5.41 Å². The van der Waals surface area contributed by atoms with Gasteiger partial charge in [0.05, 0.1) is 0 Å². The Bertz CT molecular complexity index is 397. The molecular weight excluding hydrogens is 278 g/mol. The van der Waals surface area contributed by atoms with Crippen LogP contribution in [0.4, 0.5) is 0 Å². The summed E-state index contributed by atoms with van der Waals surface area (Å²) in [6.45, 7) is 4.06. The fraction of sp³-hybridized carbons (Fsp3) is 0.462. The van der Waals surface area contributed by atoms with Crippen LogP contribution in [0.1, 0.15) is 5.56 Å². The SMILES string of the molecule is CN1CCN(C(=N)Cc2cccc(Br)c2)CC1. The molecule has 1 aliphatic rings. The molecule has 0 radical (unpaired) electrons. The molecule has 17 heavy (non-hydrogen) atoms. The molecule has 0 aromatic heterocycles. The van der Waals surface area contributed by atoms with Gasteiger partial charge in [-0.05, 0) is 24.7 Å². The Hall–Kier alpha value is -0.870. The Balaban J connectivity index is 1.93. The first-order valence-electron chi connectivity index (χ1n) is 5.90. The molecule has 0 aliphatic carbocycles. The first kappa shape index (κ1) is 12.6. The Morgan fingerprint density at radius 1 is 1.29 bits per heavy atom. The molecule has 0 bridgehead atoms. The molecular formula is C13H18BrN3. The minimum atomic E-state index is 0.725. The zero-order valence-corrected chi connectivity index (χ0v) is 11.7. The molecule has 1 aromatic rings. The molecule has 1 aliphatic heterocycles. The summed E-state index contributed by atoms with van der Waals surface area (Å²) >= 11 is 3.47. The van der Waals surface area contributed by atoms with Crippen LogP contribution in [0.5, 0.6) is 0 Å². The molecule has 3 nitrogen and oxygen atoms in total. The fourth-order valence-electron chi connectivity index (χ4n) is 2.03. The highest BCUT2D eigenvalue weighted by molar-refractivity contribution is 9.10. The van der Waals surface area contributed by atoms with E-state index in [9.17, 15) is 0 Å². The summed E-state index contributed by atoms with van der Waals surface area (Å²) in [4.78, 5) is 4.49. The summed E-state index contributed by atoms with van der Waals surface area (Å²) in [5.74, 6) is 0.733. The van der Waals surface area contributed by atoms with E-state index in [2.05, 4.69) is 44.9 Å². The smallest absolute Gasteiger partial charge is 0.100 e. The standard InChI is InChI=1S/C13H18BrN3/c1-16-5-7-17(8-6-16)13(15)10-11-3-2-4-12(14)9-11/h2-4,9,15H,5-8,10H2,1H3. The largest absolute Gasteiger partial charge is 0.358 e. The van der Waals surface area contributed by atoms with Gasteiger partial charge in [-0.25, -0.2) is 0 Å². The lowest BCUT2D eigenvalue weighted by Crippen LogP contribution is -2.47. The molecule has 0 unspecified atom stereocenters. The topological polar surface area (TPSA) is 30.3 Å². The van der Waals surface area contributed by atoms with Gasteiger partial charge in [0.1, 0.15) is 5.84 Å². The second-order valence-electron chi connectivity index (χ2n) is 4.54. The van der Waals surface area contributed by atoms with E-state index >= 15 is 0 Å². The van der Waals surface area contributed by atoms with Gasteiger partial charge in [0.15, 0.2) is 0 Å². The van der Waals surface area contributed by atoms with Gasteiger partial charge in [-0.1, -0.05) is 28.1 Å². The molecule has 1 N–H and O–H groups in total. The highest BCUT2D eigenvalue weighted by Gasteiger charge is 2.16. The molecule has 0 saturated carbocycles. The van der Waals surface area contributed by atoms with Crippen molar-refractivity contribution in [1.82, 2.24) is 9.80 Å². The molecule has 0 atom stereocenters. The van der Waals surface area contributed by atoms with Gasteiger partial charge in [0.25, 0.3) is 0 Å². The predicted molar refractivity (Wildman–Crippen MR) is 74.6 cm³/mol. The van der Waals surface area contributed by atoms with Gasteiger partial charge >= 0.3 is 0 Å². The van der Waals surface area contributed by atoms with Crippen LogP contribution in [0.2, 0.25) is 0 Å². The van der Waals surface area contributed by atoms with Crippen LogP contribution in [0.25, 0.3) is 0 Å². The number of likely N-dealkylation sites (N-methyl/N-ethyl adjacent to an activating group) is 1. The minimum absolute atomic E-state index is 0.725. The number of hydrogen-bond donors (Lipinski definition) is 1. The molecule has 1 aromatic carbocycles. The number of nitrogens with one attached hydrogen (secondary N) is 1. The van der Waals surface area contributed by atoms with Crippen LogP contribution in [-0.4, -0.2) is 48.9 Å². The van der Waals surface area contributed by atoms with Crippen LogP contribution in [-0.2, 0) is 6.42 Å². The fourth-order valence-corrected chi connectivity index (χ4v) is 2.48. The second kappa shape index (κ2) is 5.65. The van der Waals surface area contributed by atoms with E-state index < -0.39 is 0 Å². The highest BCUT2D eigenvalue weighted by atomic mass is 79.9. The van der Waals surface area contributed by atoms with E-state index in [0.29, 0.717) is 0 Å². The summed E-state index contributed by atoms with van der Waals surface area (Å²) in [6, 6.07) is 8.21. The first-order chi connectivity index (χ1) is 8.15. The van der Waals surface area contributed by atoms with E-state index in [0.717, 1.165) is 42.9 Å². The average Bonchev–Trinajstić information content (AvgIpc) is 2.29. The maximum atomic E-state index is 8.15. The molecule has 92 valence electrons. The molecule has 4 heteroatoms. The molecule has 0 amide bonds. The Morgan fingerprint density at radius 2 is 2.00 bits per heavy atom. The van der Waals surface area contributed by atoms with Crippen LogP contribution < -0.4 is 0 Å². The van der Waals surface area contributed by atoms with Crippen molar-refractivity contribution in [3.63, 3.8) is 0 Å². The van der Waals surface area contributed by atoms with Crippen molar-refractivity contribution >= 4 is 21.8 Å². The number of benzene rings is 1. The number of halogens is 1. The van der Waals surface area contributed by atoms with Gasteiger partial charge in [-0.3, -0.25) is 5.41 Å². The third kappa shape index (κ3) is 3.54. The van der Waals surface area contributed by atoms with E-state index in [4.69, 9.17) is 5.41 Å². The van der Waals surface area contributed by atoms with Crippen LogP contribution >= 0.6 is 15.9 Å². The van der Waals surface area contributed by atoms with E-state index in [-0.39, 0.29) is 0 Å². The number of hydrogen-bond acceptors (Lipinski definition) is 2. The number of nitrogens with zero attached hydrogens (tertiary/aromatic N) is 2. The summed E-state index contributed by atoms with van der Waals surface area (Å²) in [5.41, 5.74) is 1.20. The summed E-state index contributed by atoms with van der Waals surface area (Å²) < 4.78 is 1.08. The van der Waals surface area contributed by atoms with Crippen molar-refractivity contribution in [2.75, 3.05) is 33.2 Å². The summed E-state index contributed by atoms with van der Waals surface area (Å²) in [6.07, 6.45) is 0.725. The number of piperazine rings is 1. The summed E-state index contributed by atoms with van der Waals surface area (Å²) in [5, 5.41) is 8.15. The van der Waals surface area contributed by atoms with Crippen LogP contribution in [0.3, 0.4) is 0 Å². The van der Waals surface area contributed by atoms with E-state index in [1.807, 2.05) is 12.1 Å². The maximum absolute atomic E-state index is 8.15. The second-order valence-corrected chi connectivity index (χ2v) is 5.46. The molecule has 0 spiro atoms. The van der Waals surface area contributed by atoms with E-state index in [1.54, 1.807) is 0 Å². The lowest BCUT2D eigenvalue weighted by molar-refractivity contribution is 0.213. The van der Waals surface area contributed by atoms with Crippen molar-refractivity contribution in [3.05, 3.63) is 34.3 Å². The molecule has 1 heterocycles. The Kier molecular flexibility index (Phi) is 4.18. The molecule has 1 fully saturated rings. The molecule has 1 saturated heterocycles. The zero-order chi connectivity index (χ0) is 12.3. The van der Waals surface area contributed by atoms with Gasteiger partial charge in [-0.2, -0.15) is 0 Å². The minimum Gasteiger partial charge on any atom is -0.358 e. The van der Waals surface area contributed by atoms with Crippen molar-refractivity contribution in [2.24, 2.45) is 0 Å². The van der Waals surface area contributed by atoms with Crippen molar-refractivity contribution in [2.45, 2.75) is 6.42 Å². The van der Waals surface area contributed by atoms with Crippen LogP contribution in [0.15, 0.2) is 28.7 Å². The van der Waals surface area contributed by atoms with E-state index in [1.165, 1.54) is 5.56 Å². The monoisotopic (exact) mass is 295 g/mol. The lowest BCUT2D eigenvalue weighted by atomic mass is 10.1. The van der Waals surface area contributed by atoms with Gasteiger partial charge < -0.3 is 9.80 Å². The van der Waals surface area contributed by atoms with Crippen molar-refractivity contribution < 1.29 is 0 Å².